The highest BCUT2D eigenvalue weighted by Gasteiger charge is 2.70. The van der Waals surface area contributed by atoms with Crippen molar-refractivity contribution in [3.63, 3.8) is 0 Å². The summed E-state index contributed by atoms with van der Waals surface area (Å²) in [6.07, 6.45) is 1.57. The van der Waals surface area contributed by atoms with Gasteiger partial charge in [-0.15, -0.1) is 0 Å². The lowest BCUT2D eigenvalue weighted by molar-refractivity contribution is 0.254. The third-order valence-corrected chi connectivity index (χ3v) is 3.15. The topological polar surface area (TPSA) is 49.8 Å². The molecule has 4 heteroatoms. The number of epoxide rings is 2. The quantitative estimate of drug-likeness (QED) is 0.458. The van der Waals surface area contributed by atoms with Crippen LogP contribution < -0.4 is 0 Å². The maximum absolute atomic E-state index is 5.50. The average Bonchev–Trinajstić information content (AvgIpc) is 2.88. The van der Waals surface area contributed by atoms with E-state index in [2.05, 4.69) is 10.2 Å². The predicted molar refractivity (Wildman–Crippen MR) is 34.3 cm³/mol. The molecule has 0 N–H and O–H groups in total. The Balaban J connectivity index is 1.78. The summed E-state index contributed by atoms with van der Waals surface area (Å²) in [5.41, 5.74) is 0. The van der Waals surface area contributed by atoms with Gasteiger partial charge >= 0.3 is 0 Å². The van der Waals surface area contributed by atoms with Crippen LogP contribution in [0, 0.1) is 5.92 Å². The molecule has 0 bridgehead atoms. The zero-order valence-corrected chi connectivity index (χ0v) is 5.88. The second kappa shape index (κ2) is 1.36. The molecule has 0 radical (unpaired) electrons. The standard InChI is InChI=1S/C7H8N2O2/c1-2-3(9-8-1)5-7(11-5)6-4(2)10-6/h2-7H,1H2. The highest BCUT2D eigenvalue weighted by Crippen LogP contribution is 2.53. The third kappa shape index (κ3) is 0.479. The lowest BCUT2D eigenvalue weighted by atomic mass is 9.86. The number of hydrogen-bond acceptors (Lipinski definition) is 4. The Morgan fingerprint density at radius 3 is 2.82 bits per heavy atom. The zero-order chi connectivity index (χ0) is 7.00. The van der Waals surface area contributed by atoms with E-state index in [0.29, 0.717) is 36.4 Å². The van der Waals surface area contributed by atoms with Gasteiger partial charge in [-0.05, 0) is 0 Å². The maximum Gasteiger partial charge on any atom is 0.115 e. The van der Waals surface area contributed by atoms with Gasteiger partial charge in [0.25, 0.3) is 0 Å². The van der Waals surface area contributed by atoms with Crippen LogP contribution in [0.1, 0.15) is 0 Å². The molecule has 11 heavy (non-hydrogen) atoms. The molecule has 4 rings (SSSR count). The number of azo groups is 1. The minimum atomic E-state index is 0.337. The van der Waals surface area contributed by atoms with Crippen LogP contribution in [0.5, 0.6) is 0 Å². The normalized spacial score (nSPS) is 68.4. The van der Waals surface area contributed by atoms with Crippen molar-refractivity contribution in [1.82, 2.24) is 0 Å². The van der Waals surface area contributed by atoms with E-state index in [1.165, 1.54) is 0 Å². The van der Waals surface area contributed by atoms with Crippen LogP contribution in [0.25, 0.3) is 0 Å². The first kappa shape index (κ1) is 5.22. The lowest BCUT2D eigenvalue weighted by Gasteiger charge is -2.13. The van der Waals surface area contributed by atoms with Gasteiger partial charge in [0, 0.05) is 5.92 Å². The van der Waals surface area contributed by atoms with Crippen molar-refractivity contribution in [2.75, 3.05) is 6.54 Å². The van der Waals surface area contributed by atoms with E-state index < -0.39 is 0 Å². The van der Waals surface area contributed by atoms with Crippen molar-refractivity contribution in [1.29, 1.82) is 0 Å². The Hall–Kier alpha value is -0.480. The molecule has 2 saturated heterocycles. The van der Waals surface area contributed by atoms with Gasteiger partial charge in [0.2, 0.25) is 0 Å². The molecule has 1 aliphatic carbocycles. The Morgan fingerprint density at radius 2 is 1.82 bits per heavy atom. The molecular weight excluding hydrogens is 144 g/mol. The maximum atomic E-state index is 5.50. The average molecular weight is 152 g/mol. The molecule has 6 atom stereocenters. The molecular formula is C7H8N2O2. The first-order chi connectivity index (χ1) is 5.45. The highest BCUT2D eigenvalue weighted by molar-refractivity contribution is 5.18. The molecule has 6 unspecified atom stereocenters. The monoisotopic (exact) mass is 152 g/mol. The fourth-order valence-corrected chi connectivity index (χ4v) is 2.46. The first-order valence-corrected chi connectivity index (χ1v) is 4.13. The van der Waals surface area contributed by atoms with Gasteiger partial charge in [0.15, 0.2) is 0 Å². The molecule has 3 fully saturated rings. The van der Waals surface area contributed by atoms with Gasteiger partial charge in [-0.25, -0.2) is 0 Å². The predicted octanol–water partition coefficient (Wildman–Crippen LogP) is -0.0146. The summed E-state index contributed by atoms with van der Waals surface area (Å²) >= 11 is 0. The van der Waals surface area contributed by atoms with Gasteiger partial charge < -0.3 is 9.47 Å². The fourth-order valence-electron chi connectivity index (χ4n) is 2.46. The Morgan fingerprint density at radius 1 is 1.00 bits per heavy atom. The van der Waals surface area contributed by atoms with E-state index >= 15 is 0 Å². The zero-order valence-electron chi connectivity index (χ0n) is 5.88. The van der Waals surface area contributed by atoms with Crippen molar-refractivity contribution < 1.29 is 9.47 Å². The molecule has 0 aromatic heterocycles. The van der Waals surface area contributed by atoms with Gasteiger partial charge in [-0.1, -0.05) is 0 Å². The van der Waals surface area contributed by atoms with E-state index in [-0.39, 0.29) is 0 Å². The number of rotatable bonds is 0. The van der Waals surface area contributed by atoms with Gasteiger partial charge in [0.1, 0.15) is 24.4 Å². The Labute approximate surface area is 63.6 Å². The molecule has 1 saturated carbocycles. The second-order valence-electron chi connectivity index (χ2n) is 3.72. The summed E-state index contributed by atoms with van der Waals surface area (Å²) in [5, 5.41) is 8.22. The smallest absolute Gasteiger partial charge is 0.115 e. The van der Waals surface area contributed by atoms with E-state index in [0.717, 1.165) is 6.54 Å². The molecule has 0 spiro atoms. The van der Waals surface area contributed by atoms with Crippen LogP contribution in [-0.4, -0.2) is 37.0 Å². The molecule has 4 aliphatic rings. The van der Waals surface area contributed by atoms with Crippen LogP contribution in [0.15, 0.2) is 10.2 Å². The lowest BCUT2D eigenvalue weighted by Crippen LogP contribution is -2.34. The van der Waals surface area contributed by atoms with Crippen molar-refractivity contribution in [3.05, 3.63) is 0 Å². The van der Waals surface area contributed by atoms with Gasteiger partial charge in [-0.2, -0.15) is 10.2 Å². The number of hydrogen-bond donors (Lipinski definition) is 0. The largest absolute Gasteiger partial charge is 0.366 e. The van der Waals surface area contributed by atoms with Crippen LogP contribution in [0.4, 0.5) is 0 Å². The highest BCUT2D eigenvalue weighted by atomic mass is 16.7. The van der Waals surface area contributed by atoms with Crippen LogP contribution in [0.2, 0.25) is 0 Å². The van der Waals surface area contributed by atoms with E-state index in [4.69, 9.17) is 9.47 Å². The van der Waals surface area contributed by atoms with Gasteiger partial charge in [0.05, 0.1) is 12.6 Å². The molecule has 0 aromatic rings. The molecule has 4 nitrogen and oxygen atoms in total. The number of ether oxygens (including phenoxy) is 2. The van der Waals surface area contributed by atoms with Crippen molar-refractivity contribution >= 4 is 0 Å². The van der Waals surface area contributed by atoms with Gasteiger partial charge in [-0.3, -0.25) is 0 Å². The van der Waals surface area contributed by atoms with Crippen molar-refractivity contribution in [2.45, 2.75) is 30.5 Å². The summed E-state index contributed by atoms with van der Waals surface area (Å²) in [7, 11) is 0. The summed E-state index contributed by atoms with van der Waals surface area (Å²) in [5.74, 6) is 0.545. The van der Waals surface area contributed by atoms with Crippen LogP contribution >= 0.6 is 0 Å². The number of nitrogens with zero attached hydrogens (tertiary/aromatic N) is 2. The van der Waals surface area contributed by atoms with Crippen LogP contribution in [0.3, 0.4) is 0 Å². The summed E-state index contributed by atoms with van der Waals surface area (Å²) in [4.78, 5) is 0. The minimum Gasteiger partial charge on any atom is -0.366 e. The Bertz CT molecular complexity index is 255. The van der Waals surface area contributed by atoms with E-state index in [1.54, 1.807) is 0 Å². The number of fused-ring (bicyclic) bond motifs is 6. The SMILES string of the molecule is C1N=NC2C1C1OC1C1OC21. The molecule has 0 amide bonds. The van der Waals surface area contributed by atoms with Crippen molar-refractivity contribution in [2.24, 2.45) is 16.1 Å². The molecule has 3 heterocycles. The summed E-state index contributed by atoms with van der Waals surface area (Å²) < 4.78 is 11.0. The molecule has 0 aromatic carbocycles. The summed E-state index contributed by atoms with van der Waals surface area (Å²) in [6, 6.07) is 0.337. The van der Waals surface area contributed by atoms with Crippen LogP contribution in [-0.2, 0) is 9.47 Å². The van der Waals surface area contributed by atoms with E-state index in [1.807, 2.05) is 0 Å². The van der Waals surface area contributed by atoms with Crippen molar-refractivity contribution in [3.8, 4) is 0 Å². The first-order valence-electron chi connectivity index (χ1n) is 4.13. The molecule has 3 aliphatic heterocycles. The minimum absolute atomic E-state index is 0.337. The second-order valence-corrected chi connectivity index (χ2v) is 3.72. The summed E-state index contributed by atoms with van der Waals surface area (Å²) in [6.45, 7) is 0.860. The van der Waals surface area contributed by atoms with E-state index in [9.17, 15) is 0 Å². The fraction of sp³-hybridized carbons (Fsp3) is 1.00. The Kier molecular flexibility index (Phi) is 0.646. The molecule has 58 valence electrons. The third-order valence-electron chi connectivity index (χ3n) is 3.15.